The number of hydrogen-bond acceptors (Lipinski definition) is 5. The average molecular weight is 426 g/mol. The predicted molar refractivity (Wildman–Crippen MR) is 125 cm³/mol. The normalized spacial score (nSPS) is 11.5. The van der Waals surface area contributed by atoms with Crippen molar-refractivity contribution in [2.45, 2.75) is 13.8 Å². The number of nitrogens with zero attached hydrogens (tertiary/aromatic N) is 4. The summed E-state index contributed by atoms with van der Waals surface area (Å²) in [7, 11) is 1.96. The number of aromatic nitrogens is 4. The van der Waals surface area contributed by atoms with Gasteiger partial charge in [0.15, 0.2) is 5.65 Å². The highest BCUT2D eigenvalue weighted by Crippen LogP contribution is 2.36. The van der Waals surface area contributed by atoms with Crippen LogP contribution < -0.4 is 11.5 Å². The van der Waals surface area contributed by atoms with E-state index in [9.17, 15) is 9.90 Å². The zero-order valence-electron chi connectivity index (χ0n) is 17.9. The molecule has 160 valence electrons. The summed E-state index contributed by atoms with van der Waals surface area (Å²) in [5.74, 6) is -0.434. The third kappa shape index (κ3) is 2.66. The molecule has 0 fully saturated rings. The van der Waals surface area contributed by atoms with Crippen molar-refractivity contribution in [1.29, 1.82) is 0 Å². The zero-order valence-corrected chi connectivity index (χ0v) is 17.9. The van der Waals surface area contributed by atoms with Crippen molar-refractivity contribution in [3.8, 4) is 22.8 Å². The summed E-state index contributed by atoms with van der Waals surface area (Å²) in [6, 6.07) is 13.4. The largest absolute Gasteiger partial charge is 0.508 e. The van der Waals surface area contributed by atoms with Gasteiger partial charge in [0.25, 0.3) is 5.91 Å². The molecule has 0 aliphatic rings. The van der Waals surface area contributed by atoms with E-state index in [1.807, 2.05) is 48.9 Å². The first kappa shape index (κ1) is 19.6. The fourth-order valence-electron chi connectivity index (χ4n) is 4.36. The second-order valence-electron chi connectivity index (χ2n) is 7.91. The van der Waals surface area contributed by atoms with Crippen LogP contribution in [0, 0.1) is 13.8 Å². The van der Waals surface area contributed by atoms with Crippen molar-refractivity contribution < 1.29 is 9.90 Å². The lowest BCUT2D eigenvalue weighted by atomic mass is 10.1. The number of carbonyl (C=O) groups excluding carboxylic acids is 1. The number of aromatic hydroxyl groups is 1. The Labute approximate surface area is 183 Å². The van der Waals surface area contributed by atoms with E-state index in [4.69, 9.17) is 16.5 Å². The molecular formula is C24H22N6O2. The molecule has 0 spiro atoms. The van der Waals surface area contributed by atoms with Gasteiger partial charge in [-0.1, -0.05) is 24.3 Å². The Kier molecular flexibility index (Phi) is 4.20. The Bertz CT molecular complexity index is 1560. The van der Waals surface area contributed by atoms with Crippen LogP contribution in [-0.2, 0) is 7.05 Å². The van der Waals surface area contributed by atoms with Gasteiger partial charge in [-0.15, -0.1) is 0 Å². The van der Waals surface area contributed by atoms with Gasteiger partial charge < -0.3 is 21.1 Å². The summed E-state index contributed by atoms with van der Waals surface area (Å²) < 4.78 is 3.66. The molecule has 0 atom stereocenters. The highest BCUT2D eigenvalue weighted by atomic mass is 16.3. The number of amides is 1. The molecule has 5 rings (SSSR count). The van der Waals surface area contributed by atoms with Gasteiger partial charge in [0.1, 0.15) is 28.3 Å². The van der Waals surface area contributed by atoms with Gasteiger partial charge in [0.05, 0.1) is 17.6 Å². The van der Waals surface area contributed by atoms with E-state index >= 15 is 0 Å². The fourth-order valence-corrected chi connectivity index (χ4v) is 4.36. The highest BCUT2D eigenvalue weighted by Gasteiger charge is 2.25. The van der Waals surface area contributed by atoms with Crippen LogP contribution in [-0.4, -0.2) is 30.1 Å². The smallest absolute Gasteiger partial charge is 0.254 e. The molecular weight excluding hydrogens is 404 g/mol. The molecule has 2 aromatic carbocycles. The quantitative estimate of drug-likeness (QED) is 0.407. The van der Waals surface area contributed by atoms with E-state index in [2.05, 4.69) is 4.98 Å². The molecule has 8 heteroatoms. The first-order chi connectivity index (χ1) is 15.3. The Morgan fingerprint density at radius 1 is 1.12 bits per heavy atom. The number of nitrogens with two attached hydrogens (primary N) is 2. The van der Waals surface area contributed by atoms with E-state index in [1.54, 1.807) is 29.8 Å². The fraction of sp³-hybridized carbons (Fsp3) is 0.125. The highest BCUT2D eigenvalue weighted by molar-refractivity contribution is 6.10. The van der Waals surface area contributed by atoms with Crippen LogP contribution in [0.2, 0.25) is 0 Å². The number of nitrogen functional groups attached to an aromatic ring is 1. The van der Waals surface area contributed by atoms with Crippen LogP contribution in [0.15, 0.2) is 48.7 Å². The number of fused-ring (bicyclic) bond motifs is 2. The predicted octanol–water partition coefficient (Wildman–Crippen LogP) is 3.58. The number of para-hydroxylation sites is 1. The molecule has 0 unspecified atom stereocenters. The van der Waals surface area contributed by atoms with Crippen molar-refractivity contribution in [3.05, 3.63) is 65.4 Å². The molecule has 3 aromatic heterocycles. The van der Waals surface area contributed by atoms with Crippen molar-refractivity contribution in [2.75, 3.05) is 5.73 Å². The molecule has 5 aromatic rings. The molecule has 0 saturated heterocycles. The average Bonchev–Trinajstić information content (AvgIpc) is 3.25. The van der Waals surface area contributed by atoms with Gasteiger partial charge in [-0.3, -0.25) is 9.36 Å². The van der Waals surface area contributed by atoms with E-state index in [-0.39, 0.29) is 17.1 Å². The third-order valence-electron chi connectivity index (χ3n) is 5.99. The van der Waals surface area contributed by atoms with Crippen molar-refractivity contribution in [1.82, 2.24) is 19.1 Å². The zero-order chi connectivity index (χ0) is 22.7. The second-order valence-corrected chi connectivity index (χ2v) is 7.91. The van der Waals surface area contributed by atoms with Crippen molar-refractivity contribution in [2.24, 2.45) is 12.8 Å². The molecule has 0 aliphatic heterocycles. The number of carbonyl (C=O) groups is 1. The Morgan fingerprint density at radius 2 is 1.88 bits per heavy atom. The van der Waals surface area contributed by atoms with E-state index in [0.29, 0.717) is 28.1 Å². The molecule has 8 nitrogen and oxygen atoms in total. The maximum absolute atomic E-state index is 12.4. The van der Waals surface area contributed by atoms with E-state index in [1.165, 1.54) is 0 Å². The van der Waals surface area contributed by atoms with Gasteiger partial charge in [0, 0.05) is 23.5 Å². The molecule has 0 aliphatic carbocycles. The lowest BCUT2D eigenvalue weighted by molar-refractivity contribution is 0.100. The Balaban J connectivity index is 1.83. The maximum atomic E-state index is 12.4. The summed E-state index contributed by atoms with van der Waals surface area (Å²) in [5.41, 5.74) is 17.6. The Morgan fingerprint density at radius 3 is 2.59 bits per heavy atom. The number of primary amides is 1. The summed E-state index contributed by atoms with van der Waals surface area (Å²) in [5, 5.41) is 11.3. The first-order valence-electron chi connectivity index (χ1n) is 10.1. The number of benzene rings is 2. The number of phenolic OH excluding ortho intramolecular Hbond substituents is 1. The standard InChI is InChI=1S/C24H22N6O2/c1-12-8-9-18(31)13(2)21(12)30-22(25)19(23(26)32)20-24(30)27-11-15(28-20)17-10-14-6-4-5-7-16(14)29(17)3/h4-11,31H,25H2,1-3H3,(H2,26,32). The molecule has 0 radical (unpaired) electrons. The minimum Gasteiger partial charge on any atom is -0.508 e. The minimum atomic E-state index is -0.690. The minimum absolute atomic E-state index is 0.107. The summed E-state index contributed by atoms with van der Waals surface area (Å²) in [6.45, 7) is 3.68. The molecule has 1 amide bonds. The monoisotopic (exact) mass is 426 g/mol. The summed E-state index contributed by atoms with van der Waals surface area (Å²) in [6.07, 6.45) is 1.66. The molecule has 3 heterocycles. The van der Waals surface area contributed by atoms with Gasteiger partial charge in [0.2, 0.25) is 0 Å². The maximum Gasteiger partial charge on any atom is 0.254 e. The lowest BCUT2D eigenvalue weighted by Crippen LogP contribution is -2.14. The molecule has 0 bridgehead atoms. The van der Waals surface area contributed by atoms with Gasteiger partial charge in [-0.25, -0.2) is 9.97 Å². The number of hydrogen-bond donors (Lipinski definition) is 3. The molecule has 0 saturated carbocycles. The van der Waals surface area contributed by atoms with Gasteiger partial charge in [-0.05, 0) is 37.6 Å². The van der Waals surface area contributed by atoms with Crippen LogP contribution in [0.1, 0.15) is 21.5 Å². The van der Waals surface area contributed by atoms with Crippen LogP contribution in [0.25, 0.3) is 39.1 Å². The topological polar surface area (TPSA) is 125 Å². The summed E-state index contributed by atoms with van der Waals surface area (Å²) in [4.78, 5) is 21.8. The number of phenols is 1. The van der Waals surface area contributed by atoms with E-state index in [0.717, 1.165) is 22.2 Å². The lowest BCUT2D eigenvalue weighted by Gasteiger charge is -2.15. The Hall–Kier alpha value is -4.33. The first-order valence-corrected chi connectivity index (χ1v) is 10.1. The van der Waals surface area contributed by atoms with Crippen LogP contribution >= 0.6 is 0 Å². The second kappa shape index (κ2) is 6.84. The van der Waals surface area contributed by atoms with Crippen molar-refractivity contribution in [3.63, 3.8) is 0 Å². The van der Waals surface area contributed by atoms with Crippen molar-refractivity contribution >= 4 is 33.8 Å². The SMILES string of the molecule is Cc1ccc(O)c(C)c1-n1c(N)c(C(N)=O)c2nc(-c3cc4ccccc4n3C)cnc21. The number of rotatable bonds is 3. The molecule has 5 N–H and O–H groups in total. The van der Waals surface area contributed by atoms with Crippen LogP contribution in [0.3, 0.4) is 0 Å². The summed E-state index contributed by atoms with van der Waals surface area (Å²) >= 11 is 0. The van der Waals surface area contributed by atoms with Gasteiger partial charge in [-0.2, -0.15) is 0 Å². The van der Waals surface area contributed by atoms with E-state index < -0.39 is 5.91 Å². The van der Waals surface area contributed by atoms with Crippen LogP contribution in [0.4, 0.5) is 5.82 Å². The number of aryl methyl sites for hydroxylation is 2. The molecule has 32 heavy (non-hydrogen) atoms. The number of anilines is 1. The van der Waals surface area contributed by atoms with Gasteiger partial charge >= 0.3 is 0 Å². The van der Waals surface area contributed by atoms with Crippen LogP contribution in [0.5, 0.6) is 5.75 Å². The third-order valence-corrected chi connectivity index (χ3v) is 5.99.